The lowest BCUT2D eigenvalue weighted by molar-refractivity contribution is -0.116. The third-order valence-electron chi connectivity index (χ3n) is 4.47. The van der Waals surface area contributed by atoms with Gasteiger partial charge in [-0.1, -0.05) is 12.2 Å². The number of nitrogens with one attached hydrogen (secondary N) is 2. The Morgan fingerprint density at radius 2 is 2.03 bits per heavy atom. The molecule has 2 aromatic rings. The predicted octanol–water partition coefficient (Wildman–Crippen LogP) is 5.13. The summed E-state index contributed by atoms with van der Waals surface area (Å²) in [6.07, 6.45) is 6.19. The molecule has 2 N–H and O–H groups in total. The minimum atomic E-state index is -0.618. The Morgan fingerprint density at radius 3 is 2.80 bits per heavy atom. The summed E-state index contributed by atoms with van der Waals surface area (Å²) in [5, 5.41) is 5.67. The van der Waals surface area contributed by atoms with Crippen LogP contribution in [0.2, 0.25) is 0 Å². The third-order valence-corrected chi connectivity index (χ3v) is 4.47. The van der Waals surface area contributed by atoms with Gasteiger partial charge in [0, 0.05) is 18.2 Å². The molecular formula is C23H26FN3O3. The molecule has 0 saturated carbocycles. The maximum Gasteiger partial charge on any atom is 0.408 e. The van der Waals surface area contributed by atoms with Gasteiger partial charge in [0.15, 0.2) is 0 Å². The highest BCUT2D eigenvalue weighted by Gasteiger charge is 2.21. The van der Waals surface area contributed by atoms with E-state index in [1.807, 2.05) is 18.2 Å². The van der Waals surface area contributed by atoms with E-state index in [1.54, 1.807) is 39.1 Å². The van der Waals surface area contributed by atoms with Crippen molar-refractivity contribution in [3.63, 3.8) is 0 Å². The van der Waals surface area contributed by atoms with Gasteiger partial charge in [0.25, 0.3) is 0 Å². The van der Waals surface area contributed by atoms with E-state index >= 15 is 0 Å². The maximum atomic E-state index is 13.8. The second-order valence-electron chi connectivity index (χ2n) is 8.15. The van der Waals surface area contributed by atoms with Crippen molar-refractivity contribution in [2.45, 2.75) is 51.7 Å². The van der Waals surface area contributed by atoms with Crippen LogP contribution in [0.25, 0.3) is 11.1 Å². The first-order valence-electron chi connectivity index (χ1n) is 9.91. The largest absolute Gasteiger partial charge is 0.444 e. The van der Waals surface area contributed by atoms with Crippen molar-refractivity contribution >= 4 is 17.7 Å². The molecule has 1 aliphatic heterocycles. The molecule has 1 aromatic carbocycles. The highest BCUT2D eigenvalue weighted by Crippen LogP contribution is 2.31. The Labute approximate surface area is 175 Å². The number of alkyl carbamates (subject to hydrolysis) is 1. The van der Waals surface area contributed by atoms with E-state index in [0.717, 1.165) is 5.56 Å². The van der Waals surface area contributed by atoms with Crippen LogP contribution in [0.1, 0.15) is 51.8 Å². The molecule has 0 radical (unpaired) electrons. The van der Waals surface area contributed by atoms with Crippen molar-refractivity contribution in [2.75, 3.05) is 5.32 Å². The molecule has 0 unspecified atom stereocenters. The second kappa shape index (κ2) is 9.07. The zero-order chi connectivity index (χ0) is 21.7. The molecule has 1 aromatic heterocycles. The van der Waals surface area contributed by atoms with Gasteiger partial charge in [0.05, 0.1) is 17.4 Å². The van der Waals surface area contributed by atoms with Crippen LogP contribution in [0.15, 0.2) is 48.7 Å². The van der Waals surface area contributed by atoms with Gasteiger partial charge in [0.1, 0.15) is 11.4 Å². The van der Waals surface area contributed by atoms with Gasteiger partial charge in [-0.25, -0.2) is 9.18 Å². The maximum absolute atomic E-state index is 13.8. The van der Waals surface area contributed by atoms with E-state index in [4.69, 9.17) is 4.74 Å². The molecule has 0 spiro atoms. The van der Waals surface area contributed by atoms with Gasteiger partial charge in [0.2, 0.25) is 5.91 Å². The zero-order valence-corrected chi connectivity index (χ0v) is 17.4. The van der Waals surface area contributed by atoms with Crippen LogP contribution in [-0.2, 0) is 9.53 Å². The number of hydrogen-bond donors (Lipinski definition) is 2. The summed E-state index contributed by atoms with van der Waals surface area (Å²) in [6.45, 7) is 5.40. The first-order valence-corrected chi connectivity index (χ1v) is 9.91. The molecule has 1 aliphatic rings. The zero-order valence-electron chi connectivity index (χ0n) is 17.4. The molecule has 0 saturated heterocycles. The van der Waals surface area contributed by atoms with Crippen molar-refractivity contribution in [1.29, 1.82) is 0 Å². The molecular weight excluding hydrogens is 385 g/mol. The minimum Gasteiger partial charge on any atom is -0.444 e. The Kier molecular flexibility index (Phi) is 6.50. The monoisotopic (exact) mass is 411 g/mol. The van der Waals surface area contributed by atoms with E-state index < -0.39 is 23.6 Å². The lowest BCUT2D eigenvalue weighted by Crippen LogP contribution is -2.35. The van der Waals surface area contributed by atoms with Crippen LogP contribution in [0.3, 0.4) is 0 Å². The summed E-state index contributed by atoms with van der Waals surface area (Å²) in [4.78, 5) is 29.1. The van der Waals surface area contributed by atoms with Gasteiger partial charge in [-0.05, 0) is 69.5 Å². The average molecular weight is 411 g/mol. The fourth-order valence-corrected chi connectivity index (χ4v) is 3.16. The Morgan fingerprint density at radius 1 is 1.23 bits per heavy atom. The number of carbonyl (C=O) groups is 2. The number of halogens is 1. The lowest BCUT2D eigenvalue weighted by atomic mass is 10.0. The Balaban J connectivity index is 1.99. The van der Waals surface area contributed by atoms with E-state index in [2.05, 4.69) is 15.6 Å². The van der Waals surface area contributed by atoms with E-state index in [-0.39, 0.29) is 12.3 Å². The van der Waals surface area contributed by atoms with Gasteiger partial charge < -0.3 is 15.4 Å². The number of carbonyl (C=O) groups excluding carboxylic acids is 2. The third kappa shape index (κ3) is 5.89. The van der Waals surface area contributed by atoms with Crippen LogP contribution < -0.4 is 10.6 Å². The van der Waals surface area contributed by atoms with Crippen LogP contribution >= 0.6 is 0 Å². The summed E-state index contributed by atoms with van der Waals surface area (Å²) in [5.74, 6) is -0.625. The highest BCUT2D eigenvalue weighted by molar-refractivity contribution is 5.95. The van der Waals surface area contributed by atoms with Crippen LogP contribution in [0, 0.1) is 5.82 Å². The van der Waals surface area contributed by atoms with E-state index in [9.17, 15) is 14.0 Å². The van der Waals surface area contributed by atoms with Crippen molar-refractivity contribution in [3.05, 3.63) is 60.2 Å². The number of nitrogens with zero attached hydrogens (tertiary/aromatic N) is 1. The Hall–Kier alpha value is -3.22. The molecule has 158 valence electrons. The molecule has 0 aliphatic carbocycles. The van der Waals surface area contributed by atoms with Crippen molar-refractivity contribution in [3.8, 4) is 11.1 Å². The molecule has 2 amide bonds. The number of hydrogen-bond acceptors (Lipinski definition) is 4. The fourth-order valence-electron chi connectivity index (χ4n) is 3.16. The Bertz CT molecular complexity index is 966. The molecule has 6 nitrogen and oxygen atoms in total. The van der Waals surface area contributed by atoms with Gasteiger partial charge in [-0.3, -0.25) is 9.78 Å². The first kappa shape index (κ1) is 21.5. The quantitative estimate of drug-likeness (QED) is 0.638. The standard InChI is InChI=1S/C23H26FN3O3/c1-23(2,3)30-22(29)27-18-7-5-4-6-8-21(28)26-19-14-16(24)9-10-17(19)15-11-12-25-20(18)13-15/h4-5,9-14,18H,6-8H2,1-3H3,(H,26,28)(H,27,29)/b5-4-/t18-/m0/s1. The van der Waals surface area contributed by atoms with Crippen molar-refractivity contribution < 1.29 is 18.7 Å². The van der Waals surface area contributed by atoms with Gasteiger partial charge >= 0.3 is 6.09 Å². The summed E-state index contributed by atoms with van der Waals surface area (Å²) in [6, 6.07) is 7.48. The molecule has 2 heterocycles. The van der Waals surface area contributed by atoms with Crippen LogP contribution in [-0.4, -0.2) is 22.6 Å². The van der Waals surface area contributed by atoms with Gasteiger partial charge in [-0.2, -0.15) is 0 Å². The second-order valence-corrected chi connectivity index (χ2v) is 8.15. The van der Waals surface area contributed by atoms with E-state index in [0.29, 0.717) is 29.8 Å². The summed E-state index contributed by atoms with van der Waals surface area (Å²) in [7, 11) is 0. The number of allylic oxidation sites excluding steroid dienone is 1. The summed E-state index contributed by atoms with van der Waals surface area (Å²) < 4.78 is 19.2. The van der Waals surface area contributed by atoms with Crippen molar-refractivity contribution in [1.82, 2.24) is 10.3 Å². The van der Waals surface area contributed by atoms with Crippen LogP contribution in [0.5, 0.6) is 0 Å². The minimum absolute atomic E-state index is 0.191. The molecule has 30 heavy (non-hydrogen) atoms. The number of benzene rings is 1. The molecule has 7 heteroatoms. The van der Waals surface area contributed by atoms with Crippen LogP contribution in [0.4, 0.5) is 14.9 Å². The SMILES string of the molecule is CC(C)(C)OC(=O)N[C@H]1C/C=C\CCC(=O)Nc2cc(F)ccc2-c2ccnc1c2. The number of pyridine rings is 1. The molecule has 2 bridgehead atoms. The highest BCUT2D eigenvalue weighted by atomic mass is 19.1. The fraction of sp³-hybridized carbons (Fsp3) is 0.348. The topological polar surface area (TPSA) is 80.3 Å². The predicted molar refractivity (Wildman–Crippen MR) is 113 cm³/mol. The molecule has 3 rings (SSSR count). The normalized spacial score (nSPS) is 18.0. The van der Waals surface area contributed by atoms with Crippen molar-refractivity contribution in [2.24, 2.45) is 0 Å². The van der Waals surface area contributed by atoms with Gasteiger partial charge in [-0.15, -0.1) is 0 Å². The number of rotatable bonds is 1. The van der Waals surface area contributed by atoms with E-state index in [1.165, 1.54) is 12.1 Å². The number of ether oxygens (including phenoxy) is 1. The lowest BCUT2D eigenvalue weighted by Gasteiger charge is -2.23. The average Bonchev–Trinajstić information content (AvgIpc) is 2.65. The summed E-state index contributed by atoms with van der Waals surface area (Å²) in [5.41, 5.74) is 1.86. The molecule has 1 atom stereocenters. The number of fused-ring (bicyclic) bond motifs is 4. The summed E-state index contributed by atoms with van der Waals surface area (Å²) >= 11 is 0. The first-order chi connectivity index (χ1) is 14.2. The smallest absolute Gasteiger partial charge is 0.408 e. The number of anilines is 1. The number of amides is 2. The molecule has 0 fully saturated rings. The number of aromatic nitrogens is 1.